The Morgan fingerprint density at radius 2 is 2.35 bits per heavy atom. The number of carbonyl (C=O) groups is 1. The molecule has 94 valence electrons. The van der Waals surface area contributed by atoms with Gasteiger partial charge in [-0.15, -0.1) is 0 Å². The molecule has 2 N–H and O–H groups in total. The van der Waals surface area contributed by atoms with Crippen LogP contribution >= 0.6 is 0 Å². The normalized spacial score (nSPS) is 11.9. The largest absolute Gasteiger partial charge is 0.464 e. The number of hydrogen-bond acceptors (Lipinski definition) is 6. The molecule has 0 saturated heterocycles. The number of ether oxygens (including phenoxy) is 2. The van der Waals surface area contributed by atoms with Gasteiger partial charge in [-0.2, -0.15) is 0 Å². The van der Waals surface area contributed by atoms with Crippen LogP contribution in [0.5, 0.6) is 0 Å². The van der Waals surface area contributed by atoms with E-state index in [4.69, 9.17) is 9.84 Å². The molecule has 1 atom stereocenters. The molecule has 0 aliphatic heterocycles. The lowest BCUT2D eigenvalue weighted by Gasteiger charge is -2.16. The van der Waals surface area contributed by atoms with Crippen molar-refractivity contribution >= 4 is 11.7 Å². The molecule has 1 aromatic rings. The highest BCUT2D eigenvalue weighted by molar-refractivity contribution is 5.88. The predicted molar refractivity (Wildman–Crippen MR) is 61.9 cm³/mol. The molecule has 17 heavy (non-hydrogen) atoms. The van der Waals surface area contributed by atoms with E-state index < -0.39 is 5.97 Å². The Labute approximate surface area is 99.6 Å². The zero-order valence-corrected chi connectivity index (χ0v) is 9.84. The van der Waals surface area contributed by atoms with E-state index in [1.54, 1.807) is 19.2 Å². The number of aliphatic hydroxyl groups is 1. The van der Waals surface area contributed by atoms with Crippen molar-refractivity contribution in [2.75, 3.05) is 32.8 Å². The van der Waals surface area contributed by atoms with Crippen LogP contribution in [0.4, 0.5) is 5.69 Å². The molecule has 0 aromatic carbocycles. The fourth-order valence-corrected chi connectivity index (χ4v) is 1.31. The Morgan fingerprint density at radius 1 is 1.59 bits per heavy atom. The summed E-state index contributed by atoms with van der Waals surface area (Å²) in [4.78, 5) is 15.1. The third kappa shape index (κ3) is 4.01. The summed E-state index contributed by atoms with van der Waals surface area (Å²) in [5.74, 6) is -0.499. The smallest absolute Gasteiger partial charge is 0.356 e. The molecular formula is C11H16N2O4. The van der Waals surface area contributed by atoms with Crippen molar-refractivity contribution in [1.82, 2.24) is 4.98 Å². The number of anilines is 1. The van der Waals surface area contributed by atoms with Gasteiger partial charge in [0.25, 0.3) is 0 Å². The Morgan fingerprint density at radius 3 is 2.94 bits per heavy atom. The highest BCUT2D eigenvalue weighted by Gasteiger charge is 2.10. The fraction of sp³-hybridized carbons (Fsp3) is 0.455. The Balaban J connectivity index is 2.74. The van der Waals surface area contributed by atoms with E-state index in [1.165, 1.54) is 13.3 Å². The van der Waals surface area contributed by atoms with E-state index in [2.05, 4.69) is 15.0 Å². The van der Waals surface area contributed by atoms with E-state index in [-0.39, 0.29) is 18.3 Å². The number of rotatable bonds is 6. The van der Waals surface area contributed by atoms with E-state index in [0.717, 1.165) is 0 Å². The molecule has 0 spiro atoms. The molecule has 0 aliphatic rings. The lowest BCUT2D eigenvalue weighted by molar-refractivity contribution is 0.0594. The topological polar surface area (TPSA) is 80.7 Å². The average Bonchev–Trinajstić information content (AvgIpc) is 2.37. The quantitative estimate of drug-likeness (QED) is 0.695. The summed E-state index contributed by atoms with van der Waals surface area (Å²) in [6.07, 6.45) is 1.50. The summed E-state index contributed by atoms with van der Waals surface area (Å²) < 4.78 is 9.50. The average molecular weight is 240 g/mol. The standard InChI is InChI=1S/C11H16N2O4/c1-16-7-9(6-14)13-8-3-4-12-10(5-8)11(15)17-2/h3-5,9,14H,6-7H2,1-2H3,(H,12,13). The summed E-state index contributed by atoms with van der Waals surface area (Å²) in [6.45, 7) is 0.302. The highest BCUT2D eigenvalue weighted by atomic mass is 16.5. The van der Waals surface area contributed by atoms with Crippen LogP contribution in [0.2, 0.25) is 0 Å². The van der Waals surface area contributed by atoms with E-state index in [0.29, 0.717) is 12.3 Å². The number of carbonyl (C=O) groups excluding carboxylic acids is 1. The van der Waals surface area contributed by atoms with Gasteiger partial charge in [0.2, 0.25) is 0 Å². The van der Waals surface area contributed by atoms with Crippen molar-refractivity contribution in [2.24, 2.45) is 0 Å². The van der Waals surface area contributed by atoms with Crippen LogP contribution < -0.4 is 5.32 Å². The number of pyridine rings is 1. The second-order valence-corrected chi connectivity index (χ2v) is 3.40. The lowest BCUT2D eigenvalue weighted by Crippen LogP contribution is -2.28. The number of methoxy groups -OCH3 is 2. The van der Waals surface area contributed by atoms with Crippen LogP contribution in [0, 0.1) is 0 Å². The molecule has 1 heterocycles. The SMILES string of the molecule is COCC(CO)Nc1ccnc(C(=O)OC)c1. The second-order valence-electron chi connectivity index (χ2n) is 3.40. The zero-order chi connectivity index (χ0) is 12.7. The van der Waals surface area contributed by atoms with Crippen LogP contribution in [0.3, 0.4) is 0 Å². The summed E-state index contributed by atoms with van der Waals surface area (Å²) >= 11 is 0. The first-order valence-electron chi connectivity index (χ1n) is 5.12. The molecule has 0 aliphatic carbocycles. The van der Waals surface area contributed by atoms with Crippen LogP contribution in [0.15, 0.2) is 18.3 Å². The highest BCUT2D eigenvalue weighted by Crippen LogP contribution is 2.10. The molecule has 6 heteroatoms. The molecule has 0 bridgehead atoms. The summed E-state index contributed by atoms with van der Waals surface area (Å²) in [6, 6.07) is 3.03. The third-order valence-electron chi connectivity index (χ3n) is 2.11. The van der Waals surface area contributed by atoms with E-state index >= 15 is 0 Å². The third-order valence-corrected chi connectivity index (χ3v) is 2.11. The molecule has 1 unspecified atom stereocenters. The van der Waals surface area contributed by atoms with Gasteiger partial charge in [-0.05, 0) is 12.1 Å². The van der Waals surface area contributed by atoms with Crippen molar-refractivity contribution in [2.45, 2.75) is 6.04 Å². The van der Waals surface area contributed by atoms with Crippen LogP contribution in [0.1, 0.15) is 10.5 Å². The molecule has 0 amide bonds. The first-order valence-corrected chi connectivity index (χ1v) is 5.12. The number of nitrogens with zero attached hydrogens (tertiary/aromatic N) is 1. The van der Waals surface area contributed by atoms with Gasteiger partial charge in [0, 0.05) is 19.0 Å². The van der Waals surface area contributed by atoms with Gasteiger partial charge < -0.3 is 19.9 Å². The summed E-state index contributed by atoms with van der Waals surface area (Å²) in [5, 5.41) is 12.1. The maximum atomic E-state index is 11.3. The number of esters is 1. The monoisotopic (exact) mass is 240 g/mol. The van der Waals surface area contributed by atoms with Gasteiger partial charge in [-0.1, -0.05) is 0 Å². The second kappa shape index (κ2) is 6.82. The predicted octanol–water partition coefficient (Wildman–Crippen LogP) is 0.287. The van der Waals surface area contributed by atoms with Gasteiger partial charge in [0.1, 0.15) is 5.69 Å². The number of aromatic nitrogens is 1. The molecule has 6 nitrogen and oxygen atoms in total. The van der Waals surface area contributed by atoms with Crippen molar-refractivity contribution < 1.29 is 19.4 Å². The molecular weight excluding hydrogens is 224 g/mol. The summed E-state index contributed by atoms with van der Waals surface area (Å²) in [5.41, 5.74) is 0.892. The number of aliphatic hydroxyl groups excluding tert-OH is 1. The first-order chi connectivity index (χ1) is 8.21. The van der Waals surface area contributed by atoms with Gasteiger partial charge in [-0.25, -0.2) is 9.78 Å². The van der Waals surface area contributed by atoms with Crippen molar-refractivity contribution in [1.29, 1.82) is 0 Å². The van der Waals surface area contributed by atoms with Gasteiger partial charge in [0.15, 0.2) is 0 Å². The Bertz CT molecular complexity index is 370. The number of nitrogens with one attached hydrogen (secondary N) is 1. The van der Waals surface area contributed by atoms with Crippen LogP contribution in [0.25, 0.3) is 0 Å². The Kier molecular flexibility index (Phi) is 5.38. The maximum Gasteiger partial charge on any atom is 0.356 e. The van der Waals surface area contributed by atoms with Crippen LogP contribution in [-0.2, 0) is 9.47 Å². The molecule has 0 radical (unpaired) electrons. The Hall–Kier alpha value is -1.66. The lowest BCUT2D eigenvalue weighted by atomic mass is 10.2. The summed E-state index contributed by atoms with van der Waals surface area (Å²) in [7, 11) is 2.85. The van der Waals surface area contributed by atoms with Gasteiger partial charge >= 0.3 is 5.97 Å². The number of hydrogen-bond donors (Lipinski definition) is 2. The maximum absolute atomic E-state index is 11.3. The minimum Gasteiger partial charge on any atom is -0.464 e. The molecule has 1 aromatic heterocycles. The fourth-order valence-electron chi connectivity index (χ4n) is 1.31. The first kappa shape index (κ1) is 13.4. The van der Waals surface area contributed by atoms with Crippen molar-refractivity contribution in [3.63, 3.8) is 0 Å². The van der Waals surface area contributed by atoms with Crippen LogP contribution in [-0.4, -0.2) is 49.5 Å². The van der Waals surface area contributed by atoms with Crippen molar-refractivity contribution in [3.05, 3.63) is 24.0 Å². The van der Waals surface area contributed by atoms with E-state index in [9.17, 15) is 4.79 Å². The van der Waals surface area contributed by atoms with Gasteiger partial charge in [0.05, 0.1) is 26.4 Å². The molecule has 0 saturated carbocycles. The van der Waals surface area contributed by atoms with Crippen molar-refractivity contribution in [3.8, 4) is 0 Å². The zero-order valence-electron chi connectivity index (χ0n) is 9.84. The minimum atomic E-state index is -0.499. The molecule has 0 fully saturated rings. The van der Waals surface area contributed by atoms with E-state index in [1.807, 2.05) is 0 Å². The molecule has 1 rings (SSSR count). The minimum absolute atomic E-state index is 0.0658. The van der Waals surface area contributed by atoms with Gasteiger partial charge in [-0.3, -0.25) is 0 Å².